The number of halogens is 2. The van der Waals surface area contributed by atoms with Gasteiger partial charge in [0.2, 0.25) is 0 Å². The van der Waals surface area contributed by atoms with Crippen molar-refractivity contribution in [2.24, 2.45) is 5.92 Å². The molecule has 5 heteroatoms. The monoisotopic (exact) mass is 458 g/mol. The molecule has 1 aliphatic carbocycles. The first-order valence-electron chi connectivity index (χ1n) is 8.62. The molecule has 1 atom stereocenters. The van der Waals surface area contributed by atoms with Crippen molar-refractivity contribution in [1.82, 2.24) is 4.98 Å². The third-order valence-corrected chi connectivity index (χ3v) is 5.60. The quantitative estimate of drug-likeness (QED) is 0.592. The van der Waals surface area contributed by atoms with Crippen LogP contribution in [0.3, 0.4) is 0 Å². The van der Waals surface area contributed by atoms with Crippen LogP contribution in [0.1, 0.15) is 31.4 Å². The number of rotatable bonds is 5. The van der Waals surface area contributed by atoms with E-state index in [1.165, 1.54) is 40.3 Å². The topological polar surface area (TPSA) is 25.4 Å². The summed E-state index contributed by atoms with van der Waals surface area (Å²) in [7, 11) is 0. The Bertz CT molecular complexity index is 715. The molecule has 0 radical (unpaired) electrons. The summed E-state index contributed by atoms with van der Waals surface area (Å²) < 4.78 is 7.24. The minimum absolute atomic E-state index is 0. The molecule has 2 aromatic rings. The number of fused-ring (bicyclic) bond motifs is 1. The second-order valence-electron chi connectivity index (χ2n) is 6.91. The molecule has 2 aliphatic rings. The number of nitrogens with zero attached hydrogens (tertiary/aromatic N) is 2. The number of hydrogen-bond acceptors (Lipinski definition) is 3. The Balaban J connectivity index is 0.00000169. The molecule has 2 fully saturated rings. The van der Waals surface area contributed by atoms with Gasteiger partial charge in [-0.1, -0.05) is 0 Å². The van der Waals surface area contributed by atoms with Crippen molar-refractivity contribution in [1.29, 1.82) is 0 Å². The Hall–Kier alpha value is -0.590. The minimum atomic E-state index is 0. The van der Waals surface area contributed by atoms with Gasteiger partial charge in [-0.3, -0.25) is 4.98 Å². The predicted octanol–water partition coefficient (Wildman–Crippen LogP) is 4.97. The van der Waals surface area contributed by atoms with E-state index in [9.17, 15) is 0 Å². The molecule has 4 rings (SSSR count). The van der Waals surface area contributed by atoms with Gasteiger partial charge in [0.15, 0.2) is 0 Å². The van der Waals surface area contributed by atoms with Gasteiger partial charge in [-0.05, 0) is 85.4 Å². The highest BCUT2D eigenvalue weighted by atomic mass is 127. The van der Waals surface area contributed by atoms with Crippen molar-refractivity contribution in [3.8, 4) is 0 Å². The second kappa shape index (κ2) is 7.75. The van der Waals surface area contributed by atoms with E-state index in [-0.39, 0.29) is 12.4 Å². The molecule has 2 heterocycles. The lowest BCUT2D eigenvalue weighted by molar-refractivity contribution is 0.112. The normalized spacial score (nSPS) is 20.4. The lowest BCUT2D eigenvalue weighted by atomic mass is 10.1. The maximum atomic E-state index is 6.00. The minimum Gasteiger partial charge on any atom is -0.379 e. The molecule has 24 heavy (non-hydrogen) atoms. The van der Waals surface area contributed by atoms with E-state index in [0.29, 0.717) is 6.04 Å². The SMILES string of the molecule is Cc1cc(N2CCC[C@H]2COCC2CC2)c2ccc(I)cc2n1.Cl. The zero-order valence-electron chi connectivity index (χ0n) is 14.0. The zero-order valence-corrected chi connectivity index (χ0v) is 17.0. The van der Waals surface area contributed by atoms with Crippen LogP contribution in [0, 0.1) is 16.4 Å². The fourth-order valence-electron chi connectivity index (χ4n) is 3.53. The van der Waals surface area contributed by atoms with Gasteiger partial charge in [0.05, 0.1) is 18.2 Å². The fourth-order valence-corrected chi connectivity index (χ4v) is 4.01. The van der Waals surface area contributed by atoms with Gasteiger partial charge in [0.25, 0.3) is 0 Å². The first-order chi connectivity index (χ1) is 11.2. The van der Waals surface area contributed by atoms with Crippen molar-refractivity contribution in [3.63, 3.8) is 0 Å². The Morgan fingerprint density at radius 1 is 1.21 bits per heavy atom. The summed E-state index contributed by atoms with van der Waals surface area (Å²) in [4.78, 5) is 7.28. The van der Waals surface area contributed by atoms with E-state index in [1.807, 2.05) is 0 Å². The summed E-state index contributed by atoms with van der Waals surface area (Å²) in [5.74, 6) is 0.843. The second-order valence-corrected chi connectivity index (χ2v) is 8.16. The standard InChI is InChI=1S/C19H23IN2O.ClH/c1-13-9-19(17-7-6-15(20)10-18(17)21-13)22-8-2-3-16(22)12-23-11-14-4-5-14;/h6-7,9-10,14,16H,2-5,8,11-12H2,1H3;1H/t16-;/m0./s1. The van der Waals surface area contributed by atoms with E-state index < -0.39 is 0 Å². The summed E-state index contributed by atoms with van der Waals surface area (Å²) in [5.41, 5.74) is 3.54. The van der Waals surface area contributed by atoms with Crippen molar-refractivity contribution in [2.45, 2.75) is 38.6 Å². The molecule has 1 aromatic heterocycles. The molecule has 1 saturated carbocycles. The molecule has 0 unspecified atom stereocenters. The average Bonchev–Trinajstić information content (AvgIpc) is 3.22. The molecule has 0 spiro atoms. The first kappa shape index (κ1) is 18.2. The third-order valence-electron chi connectivity index (χ3n) is 4.93. The predicted molar refractivity (Wildman–Crippen MR) is 110 cm³/mol. The van der Waals surface area contributed by atoms with Crippen LogP contribution in [0.2, 0.25) is 0 Å². The van der Waals surface area contributed by atoms with E-state index in [1.54, 1.807) is 0 Å². The maximum Gasteiger partial charge on any atom is 0.0736 e. The number of ether oxygens (including phenoxy) is 1. The third kappa shape index (κ3) is 3.97. The fraction of sp³-hybridized carbons (Fsp3) is 0.526. The Kier molecular flexibility index (Phi) is 5.88. The number of aryl methyl sites for hydroxylation is 1. The average molecular weight is 459 g/mol. The summed E-state index contributed by atoms with van der Waals surface area (Å²) in [5, 5.41) is 1.27. The zero-order chi connectivity index (χ0) is 15.8. The largest absolute Gasteiger partial charge is 0.379 e. The molecule has 1 aromatic carbocycles. The number of anilines is 1. The number of pyridine rings is 1. The Morgan fingerprint density at radius 2 is 2.04 bits per heavy atom. The van der Waals surface area contributed by atoms with Crippen LogP contribution in [0.4, 0.5) is 5.69 Å². The number of aromatic nitrogens is 1. The van der Waals surface area contributed by atoms with E-state index in [2.05, 4.69) is 58.7 Å². The first-order valence-corrected chi connectivity index (χ1v) is 9.70. The molecule has 0 amide bonds. The molecule has 0 N–H and O–H groups in total. The van der Waals surface area contributed by atoms with Crippen LogP contribution in [0.25, 0.3) is 10.9 Å². The molecule has 130 valence electrons. The van der Waals surface area contributed by atoms with Gasteiger partial charge in [-0.15, -0.1) is 12.4 Å². The molecule has 1 saturated heterocycles. The number of hydrogen-bond donors (Lipinski definition) is 0. The molecule has 1 aliphatic heterocycles. The van der Waals surface area contributed by atoms with Crippen LogP contribution < -0.4 is 4.90 Å². The van der Waals surface area contributed by atoms with E-state index in [0.717, 1.165) is 36.9 Å². The van der Waals surface area contributed by atoms with Crippen molar-refractivity contribution in [2.75, 3.05) is 24.7 Å². The molecule has 3 nitrogen and oxygen atoms in total. The summed E-state index contributed by atoms with van der Waals surface area (Å²) in [6.45, 7) is 5.04. The molecule has 0 bridgehead atoms. The van der Waals surface area contributed by atoms with Crippen LogP contribution in [-0.2, 0) is 4.74 Å². The van der Waals surface area contributed by atoms with Gasteiger partial charge in [-0.2, -0.15) is 0 Å². The Morgan fingerprint density at radius 3 is 2.83 bits per heavy atom. The summed E-state index contributed by atoms with van der Waals surface area (Å²) in [6, 6.07) is 9.34. The van der Waals surface area contributed by atoms with Crippen LogP contribution >= 0.6 is 35.0 Å². The lowest BCUT2D eigenvalue weighted by Crippen LogP contribution is -2.33. The summed E-state index contributed by atoms with van der Waals surface area (Å²) >= 11 is 2.36. The van der Waals surface area contributed by atoms with E-state index in [4.69, 9.17) is 9.72 Å². The smallest absolute Gasteiger partial charge is 0.0736 e. The molecular formula is C19H24ClIN2O. The Labute approximate surface area is 163 Å². The van der Waals surface area contributed by atoms with Gasteiger partial charge >= 0.3 is 0 Å². The van der Waals surface area contributed by atoms with Crippen LogP contribution in [0.15, 0.2) is 24.3 Å². The van der Waals surface area contributed by atoms with Crippen molar-refractivity contribution in [3.05, 3.63) is 33.5 Å². The van der Waals surface area contributed by atoms with Crippen LogP contribution in [0.5, 0.6) is 0 Å². The van der Waals surface area contributed by atoms with E-state index >= 15 is 0 Å². The van der Waals surface area contributed by atoms with Crippen LogP contribution in [-0.4, -0.2) is 30.8 Å². The highest BCUT2D eigenvalue weighted by Crippen LogP contribution is 2.34. The lowest BCUT2D eigenvalue weighted by Gasteiger charge is -2.28. The van der Waals surface area contributed by atoms with Gasteiger partial charge < -0.3 is 9.64 Å². The molecular weight excluding hydrogens is 435 g/mol. The van der Waals surface area contributed by atoms with Crippen molar-refractivity contribution >= 4 is 51.6 Å². The van der Waals surface area contributed by atoms with Gasteiger partial charge in [0, 0.05) is 33.5 Å². The summed E-state index contributed by atoms with van der Waals surface area (Å²) in [6.07, 6.45) is 5.21. The highest BCUT2D eigenvalue weighted by Gasteiger charge is 2.28. The van der Waals surface area contributed by atoms with Crippen molar-refractivity contribution < 1.29 is 4.74 Å². The number of benzene rings is 1. The maximum absolute atomic E-state index is 6.00. The van der Waals surface area contributed by atoms with Gasteiger partial charge in [-0.25, -0.2) is 0 Å². The highest BCUT2D eigenvalue weighted by molar-refractivity contribution is 14.1. The van der Waals surface area contributed by atoms with Gasteiger partial charge in [0.1, 0.15) is 0 Å².